The molecular weight excluding hydrogens is 358 g/mol. The van der Waals surface area contributed by atoms with E-state index >= 15 is 0 Å². The Labute approximate surface area is 162 Å². The van der Waals surface area contributed by atoms with Crippen LogP contribution in [0.3, 0.4) is 0 Å². The van der Waals surface area contributed by atoms with Crippen molar-refractivity contribution in [2.75, 3.05) is 31.6 Å². The molecule has 1 saturated heterocycles. The highest BCUT2D eigenvalue weighted by Gasteiger charge is 2.22. The van der Waals surface area contributed by atoms with Gasteiger partial charge in [-0.1, -0.05) is 6.07 Å². The van der Waals surface area contributed by atoms with Crippen molar-refractivity contribution in [3.63, 3.8) is 0 Å². The quantitative estimate of drug-likeness (QED) is 0.753. The fraction of sp³-hybridized carbons (Fsp3) is 0.300. The van der Waals surface area contributed by atoms with Crippen molar-refractivity contribution in [1.82, 2.24) is 19.3 Å². The number of aryl methyl sites for hydroxylation is 1. The van der Waals surface area contributed by atoms with Gasteiger partial charge in [-0.2, -0.15) is 0 Å². The van der Waals surface area contributed by atoms with Crippen LogP contribution < -0.4 is 5.32 Å². The zero-order chi connectivity index (χ0) is 19.7. The number of nitrogens with one attached hydrogen (secondary N) is 1. The predicted octanol–water partition coefficient (Wildman–Crippen LogP) is 2.07. The van der Waals surface area contributed by atoms with E-state index in [1.165, 1.54) is 0 Å². The molecule has 1 aromatic carbocycles. The fourth-order valence-corrected chi connectivity index (χ4v) is 3.32. The van der Waals surface area contributed by atoms with Crippen LogP contribution in [0.2, 0.25) is 0 Å². The third-order valence-corrected chi connectivity index (χ3v) is 4.82. The molecule has 0 aliphatic carbocycles. The summed E-state index contributed by atoms with van der Waals surface area (Å²) in [5.41, 5.74) is 3.41. The van der Waals surface area contributed by atoms with Crippen LogP contribution in [-0.4, -0.2) is 57.4 Å². The van der Waals surface area contributed by atoms with E-state index in [-0.39, 0.29) is 17.5 Å². The number of benzene rings is 1. The Kier molecular flexibility index (Phi) is 4.79. The summed E-state index contributed by atoms with van der Waals surface area (Å²) in [4.78, 5) is 36.0. The minimum Gasteiger partial charge on any atom is -0.378 e. The Hall–Kier alpha value is -3.26. The maximum absolute atomic E-state index is 12.8. The van der Waals surface area contributed by atoms with E-state index in [1.54, 1.807) is 39.9 Å². The fourth-order valence-electron chi connectivity index (χ4n) is 3.32. The lowest BCUT2D eigenvalue weighted by molar-refractivity contribution is 0.0302. The van der Waals surface area contributed by atoms with Gasteiger partial charge in [0.2, 0.25) is 0 Å². The van der Waals surface area contributed by atoms with Crippen molar-refractivity contribution in [2.24, 2.45) is 0 Å². The summed E-state index contributed by atoms with van der Waals surface area (Å²) in [7, 11) is 0. The van der Waals surface area contributed by atoms with Crippen molar-refractivity contribution in [1.29, 1.82) is 0 Å². The predicted molar refractivity (Wildman–Crippen MR) is 104 cm³/mol. The first-order valence-electron chi connectivity index (χ1n) is 9.13. The molecule has 1 N–H and O–H groups in total. The average Bonchev–Trinajstić information content (AvgIpc) is 3.09. The maximum Gasteiger partial charge on any atom is 0.278 e. The van der Waals surface area contributed by atoms with Crippen LogP contribution >= 0.6 is 0 Å². The lowest BCUT2D eigenvalue weighted by Gasteiger charge is -2.27. The number of anilines is 1. The van der Waals surface area contributed by atoms with E-state index in [0.29, 0.717) is 43.2 Å². The van der Waals surface area contributed by atoms with E-state index < -0.39 is 0 Å². The number of aromatic nitrogens is 3. The van der Waals surface area contributed by atoms with E-state index in [9.17, 15) is 9.59 Å². The van der Waals surface area contributed by atoms with Gasteiger partial charge >= 0.3 is 0 Å². The SMILES string of the molecule is Cc1cn2ccnc(C(=O)Nc3cccc(C(=O)N4CCOCC4)c3C)c2n1. The summed E-state index contributed by atoms with van der Waals surface area (Å²) in [5.74, 6) is -0.420. The molecule has 0 spiro atoms. The summed E-state index contributed by atoms with van der Waals surface area (Å²) in [6.07, 6.45) is 5.15. The van der Waals surface area contributed by atoms with Crippen LogP contribution in [0.5, 0.6) is 0 Å². The highest BCUT2D eigenvalue weighted by Crippen LogP contribution is 2.22. The third kappa shape index (κ3) is 3.34. The number of morpholine rings is 1. The number of rotatable bonds is 3. The molecule has 3 aromatic rings. The van der Waals surface area contributed by atoms with Gasteiger partial charge in [0.25, 0.3) is 11.8 Å². The molecule has 0 saturated carbocycles. The van der Waals surface area contributed by atoms with E-state index in [1.807, 2.05) is 20.0 Å². The van der Waals surface area contributed by atoms with Gasteiger partial charge in [0.15, 0.2) is 11.3 Å². The monoisotopic (exact) mass is 379 g/mol. The summed E-state index contributed by atoms with van der Waals surface area (Å²) in [5, 5.41) is 2.88. The summed E-state index contributed by atoms with van der Waals surface area (Å²) in [6.45, 7) is 5.91. The van der Waals surface area contributed by atoms with Crippen molar-refractivity contribution in [3.8, 4) is 0 Å². The highest BCUT2D eigenvalue weighted by molar-refractivity contribution is 6.08. The van der Waals surface area contributed by atoms with Crippen molar-refractivity contribution in [2.45, 2.75) is 13.8 Å². The first-order valence-corrected chi connectivity index (χ1v) is 9.13. The number of ether oxygens (including phenoxy) is 1. The van der Waals surface area contributed by atoms with E-state index in [0.717, 1.165) is 11.3 Å². The largest absolute Gasteiger partial charge is 0.378 e. The zero-order valence-corrected chi connectivity index (χ0v) is 15.8. The van der Waals surface area contributed by atoms with Gasteiger partial charge < -0.3 is 19.4 Å². The van der Waals surface area contributed by atoms with Crippen LogP contribution in [-0.2, 0) is 4.74 Å². The summed E-state index contributed by atoms with van der Waals surface area (Å²) in [6, 6.07) is 5.32. The second-order valence-corrected chi connectivity index (χ2v) is 6.73. The van der Waals surface area contributed by atoms with Crippen molar-refractivity contribution >= 4 is 23.1 Å². The summed E-state index contributed by atoms with van der Waals surface area (Å²) >= 11 is 0. The molecular formula is C20H21N5O3. The number of hydrogen-bond donors (Lipinski definition) is 1. The second-order valence-electron chi connectivity index (χ2n) is 6.73. The first-order chi connectivity index (χ1) is 13.5. The minimum atomic E-state index is -0.365. The molecule has 28 heavy (non-hydrogen) atoms. The zero-order valence-electron chi connectivity index (χ0n) is 15.8. The van der Waals surface area contributed by atoms with Crippen molar-refractivity contribution in [3.05, 3.63) is 59.3 Å². The first kappa shape index (κ1) is 18.1. The number of hydrogen-bond acceptors (Lipinski definition) is 5. The molecule has 0 unspecified atom stereocenters. The number of fused-ring (bicyclic) bond motifs is 1. The van der Waals surface area contributed by atoms with E-state index in [4.69, 9.17) is 4.74 Å². The van der Waals surface area contributed by atoms with Gasteiger partial charge in [-0.15, -0.1) is 0 Å². The van der Waals surface area contributed by atoms with Gasteiger partial charge in [-0.25, -0.2) is 9.97 Å². The standard InChI is InChI=1S/C20H21N5O3/c1-13-12-25-7-6-21-17(18(25)22-13)19(26)23-16-5-3-4-15(14(16)2)20(27)24-8-10-28-11-9-24/h3-7,12H,8-11H2,1-2H3,(H,23,26). The van der Waals surface area contributed by atoms with Crippen LogP contribution in [0.4, 0.5) is 5.69 Å². The highest BCUT2D eigenvalue weighted by atomic mass is 16.5. The van der Waals surface area contributed by atoms with Crippen LogP contribution in [0.1, 0.15) is 32.1 Å². The van der Waals surface area contributed by atoms with Gasteiger partial charge in [0.1, 0.15) is 0 Å². The molecule has 2 aromatic heterocycles. The molecule has 1 fully saturated rings. The Balaban J connectivity index is 1.61. The summed E-state index contributed by atoms with van der Waals surface area (Å²) < 4.78 is 7.08. The van der Waals surface area contributed by atoms with Crippen molar-refractivity contribution < 1.29 is 14.3 Å². The van der Waals surface area contributed by atoms with E-state index in [2.05, 4.69) is 15.3 Å². The smallest absolute Gasteiger partial charge is 0.278 e. The minimum absolute atomic E-state index is 0.0546. The lowest BCUT2D eigenvalue weighted by atomic mass is 10.0. The van der Waals surface area contributed by atoms with Crippen LogP contribution in [0.25, 0.3) is 5.65 Å². The Morgan fingerprint density at radius 1 is 1.18 bits per heavy atom. The molecule has 1 aliphatic heterocycles. The molecule has 3 heterocycles. The van der Waals surface area contributed by atoms with Crippen LogP contribution in [0, 0.1) is 13.8 Å². The topological polar surface area (TPSA) is 88.8 Å². The number of amides is 2. The number of imidazole rings is 1. The number of carbonyl (C=O) groups excluding carboxylic acids is 2. The Morgan fingerprint density at radius 2 is 1.96 bits per heavy atom. The van der Waals surface area contributed by atoms with Gasteiger partial charge in [0.05, 0.1) is 18.9 Å². The average molecular weight is 379 g/mol. The van der Waals surface area contributed by atoms with Gasteiger partial charge in [-0.3, -0.25) is 9.59 Å². The number of carbonyl (C=O) groups is 2. The Morgan fingerprint density at radius 3 is 2.75 bits per heavy atom. The Bertz CT molecular complexity index is 1050. The second kappa shape index (κ2) is 7.40. The molecule has 4 rings (SSSR count). The maximum atomic E-state index is 12.8. The molecule has 8 nitrogen and oxygen atoms in total. The molecule has 2 amide bonds. The molecule has 1 aliphatic rings. The van der Waals surface area contributed by atoms with Gasteiger partial charge in [-0.05, 0) is 31.5 Å². The molecule has 8 heteroatoms. The lowest BCUT2D eigenvalue weighted by Crippen LogP contribution is -2.41. The number of nitrogens with zero attached hydrogens (tertiary/aromatic N) is 4. The van der Waals surface area contributed by atoms with Gasteiger partial charge in [0, 0.05) is 42.9 Å². The molecule has 144 valence electrons. The molecule has 0 atom stereocenters. The molecule has 0 radical (unpaired) electrons. The van der Waals surface area contributed by atoms with Crippen LogP contribution in [0.15, 0.2) is 36.8 Å². The third-order valence-electron chi connectivity index (χ3n) is 4.82. The normalized spacial score (nSPS) is 14.3. The molecule has 0 bridgehead atoms.